The number of hydrogen-bond donors (Lipinski definition) is 1. The standard InChI is InChI=1S/C20H22Cl2N2O6S2/c1-30-14-5-7-15(8-6-14)31(26,27)16-9-11-24(12-10-16)19(25)13-23-32(28,29)20-17(21)3-2-4-18(20)22/h2-8,16,23H,9-13H2,1H3. The van der Waals surface area contributed by atoms with Crippen LogP contribution < -0.4 is 9.46 Å². The van der Waals surface area contributed by atoms with Crippen molar-refractivity contribution in [2.75, 3.05) is 26.7 Å². The molecule has 0 atom stereocenters. The van der Waals surface area contributed by atoms with E-state index in [1.165, 1.54) is 42.3 Å². The predicted molar refractivity (Wildman–Crippen MR) is 121 cm³/mol. The van der Waals surface area contributed by atoms with Crippen LogP contribution in [0.5, 0.6) is 5.75 Å². The topological polar surface area (TPSA) is 110 Å². The second kappa shape index (κ2) is 9.96. The summed E-state index contributed by atoms with van der Waals surface area (Å²) in [6.45, 7) is -0.0826. The number of amides is 1. The second-order valence-electron chi connectivity index (χ2n) is 7.18. The fraction of sp³-hybridized carbons (Fsp3) is 0.350. The van der Waals surface area contributed by atoms with E-state index in [1.807, 2.05) is 0 Å². The number of carbonyl (C=O) groups excluding carboxylic acids is 1. The van der Waals surface area contributed by atoms with Crippen molar-refractivity contribution in [3.05, 3.63) is 52.5 Å². The molecule has 1 saturated heterocycles. The molecule has 2 aromatic carbocycles. The maximum absolute atomic E-state index is 12.9. The molecular formula is C20H22Cl2N2O6S2. The molecule has 2 aromatic rings. The van der Waals surface area contributed by atoms with Crippen molar-refractivity contribution in [1.82, 2.24) is 9.62 Å². The molecule has 0 radical (unpaired) electrons. The molecule has 1 N–H and O–H groups in total. The molecular weight excluding hydrogens is 499 g/mol. The van der Waals surface area contributed by atoms with Crippen molar-refractivity contribution in [3.63, 3.8) is 0 Å². The zero-order valence-corrected chi connectivity index (χ0v) is 20.3. The van der Waals surface area contributed by atoms with Crippen LogP contribution in [0.25, 0.3) is 0 Å². The van der Waals surface area contributed by atoms with Gasteiger partial charge in [-0.1, -0.05) is 29.3 Å². The highest BCUT2D eigenvalue weighted by Gasteiger charge is 2.33. The Kier molecular flexibility index (Phi) is 7.72. The molecule has 0 unspecified atom stereocenters. The van der Waals surface area contributed by atoms with Crippen molar-refractivity contribution in [2.24, 2.45) is 0 Å². The number of benzene rings is 2. The van der Waals surface area contributed by atoms with E-state index in [9.17, 15) is 21.6 Å². The van der Waals surface area contributed by atoms with Crippen LogP contribution in [-0.4, -0.2) is 59.6 Å². The Morgan fingerprint density at radius 1 is 1.03 bits per heavy atom. The number of likely N-dealkylation sites (tertiary alicyclic amines) is 1. The van der Waals surface area contributed by atoms with Gasteiger partial charge in [-0.15, -0.1) is 0 Å². The Bertz CT molecular complexity index is 1170. The predicted octanol–water partition coefficient (Wildman–Crippen LogP) is 2.75. The van der Waals surface area contributed by atoms with Gasteiger partial charge in [0, 0.05) is 13.1 Å². The Balaban J connectivity index is 1.59. The Hall–Kier alpha value is -1.85. The largest absolute Gasteiger partial charge is 0.497 e. The summed E-state index contributed by atoms with van der Waals surface area (Å²) in [4.78, 5) is 13.9. The number of nitrogens with one attached hydrogen (secondary N) is 1. The van der Waals surface area contributed by atoms with Crippen molar-refractivity contribution in [1.29, 1.82) is 0 Å². The summed E-state index contributed by atoms with van der Waals surface area (Å²) in [6.07, 6.45) is 0.506. The molecule has 174 valence electrons. The maximum Gasteiger partial charge on any atom is 0.244 e. The molecule has 0 aliphatic carbocycles. The van der Waals surface area contributed by atoms with Gasteiger partial charge in [0.25, 0.3) is 0 Å². The molecule has 12 heteroatoms. The highest BCUT2D eigenvalue weighted by molar-refractivity contribution is 7.92. The summed E-state index contributed by atoms with van der Waals surface area (Å²) in [5.74, 6) is 0.0990. The van der Waals surface area contributed by atoms with Crippen molar-refractivity contribution in [2.45, 2.75) is 27.9 Å². The highest BCUT2D eigenvalue weighted by Crippen LogP contribution is 2.29. The molecule has 1 amide bonds. The Labute approximate surface area is 197 Å². The first-order valence-corrected chi connectivity index (χ1v) is 13.4. The van der Waals surface area contributed by atoms with E-state index in [4.69, 9.17) is 27.9 Å². The summed E-state index contributed by atoms with van der Waals surface area (Å²) < 4.78 is 58.0. The average molecular weight is 521 g/mol. The Morgan fingerprint density at radius 2 is 1.59 bits per heavy atom. The zero-order chi connectivity index (χ0) is 23.5. The molecule has 3 rings (SSSR count). The van der Waals surface area contributed by atoms with Crippen molar-refractivity contribution in [3.8, 4) is 5.75 Å². The van der Waals surface area contributed by atoms with Gasteiger partial charge in [-0.05, 0) is 49.2 Å². The van der Waals surface area contributed by atoms with Crippen LogP contribution >= 0.6 is 23.2 Å². The van der Waals surface area contributed by atoms with Gasteiger partial charge in [-0.3, -0.25) is 4.79 Å². The summed E-state index contributed by atoms with van der Waals surface area (Å²) in [5, 5.41) is -0.734. The van der Waals surface area contributed by atoms with E-state index < -0.39 is 37.6 Å². The highest BCUT2D eigenvalue weighted by atomic mass is 35.5. The fourth-order valence-electron chi connectivity index (χ4n) is 3.45. The number of halogens is 2. The second-order valence-corrected chi connectivity index (χ2v) is 11.9. The number of hydrogen-bond acceptors (Lipinski definition) is 6. The van der Waals surface area contributed by atoms with Crippen LogP contribution in [0.3, 0.4) is 0 Å². The molecule has 0 spiro atoms. The molecule has 0 saturated carbocycles. The number of piperidine rings is 1. The first-order valence-electron chi connectivity index (χ1n) is 9.65. The van der Waals surface area contributed by atoms with Crippen molar-refractivity contribution < 1.29 is 26.4 Å². The minimum atomic E-state index is -4.10. The lowest BCUT2D eigenvalue weighted by molar-refractivity contribution is -0.130. The quantitative estimate of drug-likeness (QED) is 0.600. The molecule has 1 aliphatic heterocycles. The van der Waals surface area contributed by atoms with Crippen LogP contribution in [-0.2, 0) is 24.7 Å². The van der Waals surface area contributed by atoms with E-state index in [0.717, 1.165) is 0 Å². The summed E-state index contributed by atoms with van der Waals surface area (Å²) in [5.41, 5.74) is 0. The van der Waals surface area contributed by atoms with Crippen LogP contribution in [0.15, 0.2) is 52.3 Å². The number of sulfonamides is 1. The monoisotopic (exact) mass is 520 g/mol. The van der Waals surface area contributed by atoms with Crippen molar-refractivity contribution >= 4 is 49.0 Å². The lowest BCUT2D eigenvalue weighted by Crippen LogP contribution is -2.46. The number of carbonyl (C=O) groups is 1. The smallest absolute Gasteiger partial charge is 0.244 e. The zero-order valence-electron chi connectivity index (χ0n) is 17.1. The van der Waals surface area contributed by atoms with Gasteiger partial charge in [-0.25, -0.2) is 21.6 Å². The van der Waals surface area contributed by atoms with Crippen LogP contribution in [0.2, 0.25) is 10.0 Å². The summed E-state index contributed by atoms with van der Waals surface area (Å²) >= 11 is 11.9. The van der Waals surface area contributed by atoms with E-state index in [1.54, 1.807) is 12.1 Å². The van der Waals surface area contributed by atoms with E-state index in [-0.39, 0.29) is 45.8 Å². The van der Waals surface area contributed by atoms with Gasteiger partial charge >= 0.3 is 0 Å². The minimum absolute atomic E-state index is 0.0537. The summed E-state index contributed by atoms with van der Waals surface area (Å²) in [6, 6.07) is 10.5. The molecule has 32 heavy (non-hydrogen) atoms. The first-order chi connectivity index (χ1) is 15.1. The maximum atomic E-state index is 12.9. The number of ether oxygens (including phenoxy) is 1. The van der Waals surface area contributed by atoms with Gasteiger partial charge in [0.1, 0.15) is 10.6 Å². The fourth-order valence-corrected chi connectivity index (χ4v) is 7.30. The van der Waals surface area contributed by atoms with E-state index in [0.29, 0.717) is 5.75 Å². The third-order valence-electron chi connectivity index (χ3n) is 5.22. The third-order valence-corrected chi connectivity index (χ3v) is 9.86. The number of nitrogens with zero attached hydrogens (tertiary/aromatic N) is 1. The molecule has 0 bridgehead atoms. The van der Waals surface area contributed by atoms with Crippen LogP contribution in [0.1, 0.15) is 12.8 Å². The molecule has 1 aliphatic rings. The lowest BCUT2D eigenvalue weighted by Gasteiger charge is -2.31. The molecule has 0 aromatic heterocycles. The van der Waals surface area contributed by atoms with Gasteiger partial charge in [0.05, 0.1) is 33.8 Å². The van der Waals surface area contributed by atoms with Gasteiger partial charge in [0.15, 0.2) is 9.84 Å². The van der Waals surface area contributed by atoms with Gasteiger partial charge in [0.2, 0.25) is 15.9 Å². The van der Waals surface area contributed by atoms with Gasteiger partial charge < -0.3 is 9.64 Å². The van der Waals surface area contributed by atoms with Gasteiger partial charge in [-0.2, -0.15) is 0 Å². The number of rotatable bonds is 7. The van der Waals surface area contributed by atoms with E-state index in [2.05, 4.69) is 4.72 Å². The normalized spacial score (nSPS) is 15.5. The van der Waals surface area contributed by atoms with Crippen LogP contribution in [0, 0.1) is 0 Å². The number of sulfone groups is 1. The number of methoxy groups -OCH3 is 1. The SMILES string of the molecule is COc1ccc(S(=O)(=O)C2CCN(C(=O)CNS(=O)(=O)c3c(Cl)cccc3Cl)CC2)cc1. The third kappa shape index (κ3) is 5.37. The minimum Gasteiger partial charge on any atom is -0.497 e. The average Bonchev–Trinajstić information content (AvgIpc) is 2.77. The summed E-state index contributed by atoms with van der Waals surface area (Å²) in [7, 11) is -6.15. The van der Waals surface area contributed by atoms with E-state index >= 15 is 0 Å². The lowest BCUT2D eigenvalue weighted by atomic mass is 10.1. The molecule has 1 heterocycles. The molecule has 8 nitrogen and oxygen atoms in total. The van der Waals surface area contributed by atoms with Crippen LogP contribution in [0.4, 0.5) is 0 Å². The Morgan fingerprint density at radius 3 is 2.12 bits per heavy atom. The first kappa shape index (κ1) is 24.8. The molecule has 1 fully saturated rings.